The molecule has 2 aromatic heterocycles. The molecule has 4 nitrogen and oxygen atoms in total. The number of aryl methyl sites for hydroxylation is 1. The zero-order valence-corrected chi connectivity index (χ0v) is 11.1. The Balaban J connectivity index is 2.25. The van der Waals surface area contributed by atoms with Crippen LogP contribution in [0.25, 0.3) is 16.6 Å². The maximum atomic E-state index is 4.71. The molecule has 19 heavy (non-hydrogen) atoms. The Labute approximate surface area is 112 Å². The van der Waals surface area contributed by atoms with Crippen molar-refractivity contribution in [2.24, 2.45) is 0 Å². The van der Waals surface area contributed by atoms with Crippen LogP contribution in [0.15, 0.2) is 42.6 Å². The molecule has 2 heterocycles. The van der Waals surface area contributed by atoms with E-state index < -0.39 is 0 Å². The van der Waals surface area contributed by atoms with Crippen LogP contribution < -0.4 is 5.32 Å². The molecule has 4 heteroatoms. The molecule has 0 fully saturated rings. The van der Waals surface area contributed by atoms with Gasteiger partial charge in [-0.25, -0.2) is 9.67 Å². The largest absolute Gasteiger partial charge is 0.314 e. The topological polar surface area (TPSA) is 42.7 Å². The molecule has 3 aromatic rings. The highest BCUT2D eigenvalue weighted by Gasteiger charge is 2.08. The smallest absolute Gasteiger partial charge is 0.161 e. The zero-order chi connectivity index (χ0) is 13.2. The fourth-order valence-corrected chi connectivity index (χ4v) is 2.21. The predicted octanol–water partition coefficient (Wildman–Crippen LogP) is 2.45. The summed E-state index contributed by atoms with van der Waals surface area (Å²) < 4.78 is 1.84. The minimum atomic E-state index is 0.748. The van der Waals surface area contributed by atoms with Gasteiger partial charge in [0.1, 0.15) is 0 Å². The van der Waals surface area contributed by atoms with Gasteiger partial charge in [0.25, 0.3) is 0 Å². The summed E-state index contributed by atoms with van der Waals surface area (Å²) in [6.45, 7) is 2.73. The summed E-state index contributed by atoms with van der Waals surface area (Å²) in [6, 6.07) is 12.4. The number of benzene rings is 1. The van der Waals surface area contributed by atoms with E-state index in [0.29, 0.717) is 0 Å². The fraction of sp³-hybridized carbons (Fsp3) is 0.200. The maximum absolute atomic E-state index is 4.71. The van der Waals surface area contributed by atoms with Crippen LogP contribution in [0.3, 0.4) is 0 Å². The minimum Gasteiger partial charge on any atom is -0.314 e. The third kappa shape index (κ3) is 2.22. The van der Waals surface area contributed by atoms with E-state index in [9.17, 15) is 0 Å². The number of aromatic nitrogens is 3. The standard InChI is InChI=1S/C15H16N4/c1-11-7-8-19(18-11)15-14-6-4-3-5-12(14)9-13(17-15)10-16-2/h3-9,16H,10H2,1-2H3. The van der Waals surface area contributed by atoms with Crippen LogP contribution in [0.4, 0.5) is 0 Å². The number of nitrogens with one attached hydrogen (secondary N) is 1. The lowest BCUT2D eigenvalue weighted by atomic mass is 10.1. The number of nitrogens with zero attached hydrogens (tertiary/aromatic N) is 3. The van der Waals surface area contributed by atoms with Gasteiger partial charge in [0.2, 0.25) is 0 Å². The van der Waals surface area contributed by atoms with E-state index in [1.54, 1.807) is 0 Å². The first-order valence-electron chi connectivity index (χ1n) is 6.34. The summed E-state index contributed by atoms with van der Waals surface area (Å²) in [5.74, 6) is 0.886. The average molecular weight is 252 g/mol. The predicted molar refractivity (Wildman–Crippen MR) is 76.4 cm³/mol. The molecule has 0 aliphatic heterocycles. The van der Waals surface area contributed by atoms with Crippen LogP contribution in [-0.2, 0) is 6.54 Å². The van der Waals surface area contributed by atoms with Crippen molar-refractivity contribution in [2.45, 2.75) is 13.5 Å². The van der Waals surface area contributed by atoms with Crippen molar-refractivity contribution in [3.8, 4) is 5.82 Å². The summed E-state index contributed by atoms with van der Waals surface area (Å²) in [4.78, 5) is 4.71. The van der Waals surface area contributed by atoms with Crippen LogP contribution in [-0.4, -0.2) is 21.8 Å². The SMILES string of the molecule is CNCc1cc2ccccc2c(-n2ccc(C)n2)n1. The molecule has 0 bridgehead atoms. The second kappa shape index (κ2) is 4.82. The maximum Gasteiger partial charge on any atom is 0.161 e. The van der Waals surface area contributed by atoms with Crippen molar-refractivity contribution in [2.75, 3.05) is 7.05 Å². The van der Waals surface area contributed by atoms with Crippen molar-refractivity contribution in [3.05, 3.63) is 54.0 Å². The molecule has 0 radical (unpaired) electrons. The molecule has 3 rings (SSSR count). The lowest BCUT2D eigenvalue weighted by Gasteiger charge is -2.09. The highest BCUT2D eigenvalue weighted by atomic mass is 15.3. The second-order valence-electron chi connectivity index (χ2n) is 4.59. The van der Waals surface area contributed by atoms with Crippen molar-refractivity contribution in [3.63, 3.8) is 0 Å². The first-order valence-corrected chi connectivity index (χ1v) is 6.34. The first-order chi connectivity index (χ1) is 9.28. The number of fused-ring (bicyclic) bond motifs is 1. The van der Waals surface area contributed by atoms with Crippen LogP contribution in [0.2, 0.25) is 0 Å². The van der Waals surface area contributed by atoms with E-state index in [1.807, 2.05) is 43.0 Å². The average Bonchev–Trinajstić information content (AvgIpc) is 2.85. The Morgan fingerprint density at radius 2 is 2.05 bits per heavy atom. The normalized spacial score (nSPS) is 11.1. The van der Waals surface area contributed by atoms with Gasteiger partial charge >= 0.3 is 0 Å². The molecule has 0 amide bonds. The molecule has 0 unspecified atom stereocenters. The lowest BCUT2D eigenvalue weighted by molar-refractivity contribution is 0.772. The Morgan fingerprint density at radius 3 is 2.79 bits per heavy atom. The van der Waals surface area contributed by atoms with E-state index in [1.165, 1.54) is 5.39 Å². The number of hydrogen-bond donors (Lipinski definition) is 1. The molecule has 1 N–H and O–H groups in total. The third-order valence-electron chi connectivity index (χ3n) is 3.07. The van der Waals surface area contributed by atoms with Gasteiger partial charge < -0.3 is 5.32 Å². The van der Waals surface area contributed by atoms with Crippen LogP contribution >= 0.6 is 0 Å². The molecule has 0 aliphatic carbocycles. The minimum absolute atomic E-state index is 0.748. The highest BCUT2D eigenvalue weighted by molar-refractivity contribution is 5.88. The van der Waals surface area contributed by atoms with Gasteiger partial charge in [-0.1, -0.05) is 24.3 Å². The summed E-state index contributed by atoms with van der Waals surface area (Å²) >= 11 is 0. The molecule has 96 valence electrons. The highest BCUT2D eigenvalue weighted by Crippen LogP contribution is 2.21. The molecule has 0 saturated carbocycles. The van der Waals surface area contributed by atoms with E-state index in [0.717, 1.165) is 29.1 Å². The van der Waals surface area contributed by atoms with Gasteiger partial charge in [-0.15, -0.1) is 0 Å². The lowest BCUT2D eigenvalue weighted by Crippen LogP contribution is -2.09. The quantitative estimate of drug-likeness (QED) is 0.778. The number of hydrogen-bond acceptors (Lipinski definition) is 3. The van der Waals surface area contributed by atoms with Crippen molar-refractivity contribution >= 4 is 10.8 Å². The fourth-order valence-electron chi connectivity index (χ4n) is 2.21. The molecule has 0 aliphatic rings. The van der Waals surface area contributed by atoms with E-state index in [-0.39, 0.29) is 0 Å². The summed E-state index contributed by atoms with van der Waals surface area (Å²) in [7, 11) is 1.93. The van der Waals surface area contributed by atoms with Crippen LogP contribution in [0, 0.1) is 6.92 Å². The Kier molecular flexibility index (Phi) is 3.01. The van der Waals surface area contributed by atoms with Crippen molar-refractivity contribution in [1.82, 2.24) is 20.1 Å². The van der Waals surface area contributed by atoms with Gasteiger partial charge in [-0.3, -0.25) is 0 Å². The van der Waals surface area contributed by atoms with Gasteiger partial charge in [0, 0.05) is 18.1 Å². The van der Waals surface area contributed by atoms with Gasteiger partial charge in [0.05, 0.1) is 11.4 Å². The van der Waals surface area contributed by atoms with Crippen molar-refractivity contribution < 1.29 is 0 Å². The van der Waals surface area contributed by atoms with E-state index in [2.05, 4.69) is 28.6 Å². The second-order valence-corrected chi connectivity index (χ2v) is 4.59. The number of pyridine rings is 1. The third-order valence-corrected chi connectivity index (χ3v) is 3.07. The summed E-state index contributed by atoms with van der Waals surface area (Å²) in [5.41, 5.74) is 2.01. The summed E-state index contributed by atoms with van der Waals surface area (Å²) in [5, 5.41) is 9.91. The molecular formula is C15H16N4. The zero-order valence-electron chi connectivity index (χ0n) is 11.1. The first kappa shape index (κ1) is 11.9. The van der Waals surface area contributed by atoms with Crippen LogP contribution in [0.5, 0.6) is 0 Å². The monoisotopic (exact) mass is 252 g/mol. The molecule has 0 saturated heterocycles. The molecule has 0 spiro atoms. The summed E-state index contributed by atoms with van der Waals surface area (Å²) in [6.07, 6.45) is 1.95. The van der Waals surface area contributed by atoms with Gasteiger partial charge in [-0.2, -0.15) is 5.10 Å². The number of rotatable bonds is 3. The van der Waals surface area contributed by atoms with Gasteiger partial charge in [-0.05, 0) is 31.5 Å². The van der Waals surface area contributed by atoms with E-state index >= 15 is 0 Å². The van der Waals surface area contributed by atoms with Gasteiger partial charge in [0.15, 0.2) is 5.82 Å². The molecule has 1 aromatic carbocycles. The Hall–Kier alpha value is -2.20. The molecular weight excluding hydrogens is 236 g/mol. The van der Waals surface area contributed by atoms with Crippen LogP contribution in [0.1, 0.15) is 11.4 Å². The molecule has 0 atom stereocenters. The van der Waals surface area contributed by atoms with E-state index in [4.69, 9.17) is 4.98 Å². The van der Waals surface area contributed by atoms with Crippen molar-refractivity contribution in [1.29, 1.82) is 0 Å². The Bertz CT molecular complexity index is 715. The Morgan fingerprint density at radius 1 is 1.21 bits per heavy atom.